The second kappa shape index (κ2) is 6.59. The van der Waals surface area contributed by atoms with Crippen molar-refractivity contribution in [1.29, 1.82) is 0 Å². The lowest BCUT2D eigenvalue weighted by atomic mass is 10.2. The van der Waals surface area contributed by atoms with E-state index in [0.29, 0.717) is 23.0 Å². The second-order valence-corrected chi connectivity index (χ2v) is 7.71. The van der Waals surface area contributed by atoms with Crippen LogP contribution < -0.4 is 5.73 Å². The van der Waals surface area contributed by atoms with Gasteiger partial charge in [-0.1, -0.05) is 25.4 Å². The molecule has 4 nitrogen and oxygen atoms in total. The molecule has 108 valence electrons. The van der Waals surface area contributed by atoms with Crippen LogP contribution in [0.2, 0.25) is 5.02 Å². The van der Waals surface area contributed by atoms with Crippen LogP contribution in [0, 0.1) is 5.92 Å². The van der Waals surface area contributed by atoms with Gasteiger partial charge in [-0.15, -0.1) is 0 Å². The van der Waals surface area contributed by atoms with E-state index in [0.717, 1.165) is 5.56 Å². The molecule has 1 aromatic carbocycles. The molecule has 2 N–H and O–H groups in total. The number of hydrogen-bond acceptors (Lipinski definition) is 3. The van der Waals surface area contributed by atoms with Gasteiger partial charge in [-0.3, -0.25) is 0 Å². The van der Waals surface area contributed by atoms with Crippen LogP contribution in [-0.4, -0.2) is 25.5 Å². The number of nitrogens with zero attached hydrogens (tertiary/aromatic N) is 1. The van der Waals surface area contributed by atoms with Gasteiger partial charge in [0.15, 0.2) is 0 Å². The standard InChI is InChI=1S/C13H21ClN2O2S/c1-10(2)6-7-19(17,18)16(3)9-11-8-12(15)4-5-13(11)14/h4-5,8,10H,6-7,9,15H2,1-3H3. The van der Waals surface area contributed by atoms with Crippen LogP contribution in [0.5, 0.6) is 0 Å². The molecule has 0 saturated carbocycles. The predicted octanol–water partition coefficient (Wildman–Crippen LogP) is 2.73. The highest BCUT2D eigenvalue weighted by Crippen LogP contribution is 2.21. The van der Waals surface area contributed by atoms with Crippen LogP contribution in [0.4, 0.5) is 5.69 Å². The lowest BCUT2D eigenvalue weighted by Crippen LogP contribution is -2.29. The monoisotopic (exact) mass is 304 g/mol. The fourth-order valence-corrected chi connectivity index (χ4v) is 3.19. The number of sulfonamides is 1. The van der Waals surface area contributed by atoms with Gasteiger partial charge in [-0.2, -0.15) is 0 Å². The van der Waals surface area contributed by atoms with E-state index in [1.165, 1.54) is 4.31 Å². The minimum Gasteiger partial charge on any atom is -0.399 e. The summed E-state index contributed by atoms with van der Waals surface area (Å²) >= 11 is 6.04. The lowest BCUT2D eigenvalue weighted by molar-refractivity contribution is 0.460. The number of nitrogen functional groups attached to an aromatic ring is 1. The number of hydrogen-bond donors (Lipinski definition) is 1. The maximum Gasteiger partial charge on any atom is 0.214 e. The Labute approximate surface area is 120 Å². The summed E-state index contributed by atoms with van der Waals surface area (Å²) in [5.74, 6) is 0.514. The third kappa shape index (κ3) is 5.01. The van der Waals surface area contributed by atoms with Gasteiger partial charge in [0.05, 0.1) is 5.75 Å². The van der Waals surface area contributed by atoms with Gasteiger partial charge < -0.3 is 5.73 Å². The van der Waals surface area contributed by atoms with E-state index in [-0.39, 0.29) is 12.3 Å². The zero-order valence-electron chi connectivity index (χ0n) is 11.6. The minimum atomic E-state index is -3.25. The van der Waals surface area contributed by atoms with Crippen LogP contribution in [0.3, 0.4) is 0 Å². The van der Waals surface area contributed by atoms with Crippen molar-refractivity contribution < 1.29 is 8.42 Å². The maximum absolute atomic E-state index is 12.1. The van der Waals surface area contributed by atoms with Crippen molar-refractivity contribution in [3.8, 4) is 0 Å². The second-order valence-electron chi connectivity index (χ2n) is 5.11. The van der Waals surface area contributed by atoms with Gasteiger partial charge in [0, 0.05) is 24.3 Å². The summed E-state index contributed by atoms with van der Waals surface area (Å²) in [6, 6.07) is 5.08. The van der Waals surface area contributed by atoms with Gasteiger partial charge >= 0.3 is 0 Å². The molecule has 0 heterocycles. The molecule has 0 saturated heterocycles. The molecular formula is C13H21ClN2O2S. The van der Waals surface area contributed by atoms with Gasteiger partial charge in [0.25, 0.3) is 0 Å². The molecule has 0 spiro atoms. The first kappa shape index (κ1) is 16.3. The normalized spacial score (nSPS) is 12.3. The van der Waals surface area contributed by atoms with Crippen LogP contribution in [0.1, 0.15) is 25.8 Å². The molecule has 0 amide bonds. The van der Waals surface area contributed by atoms with Gasteiger partial charge in [-0.05, 0) is 36.1 Å². The van der Waals surface area contributed by atoms with Crippen LogP contribution >= 0.6 is 11.6 Å². The summed E-state index contributed by atoms with van der Waals surface area (Å²) in [7, 11) is -1.68. The number of halogens is 1. The highest BCUT2D eigenvalue weighted by molar-refractivity contribution is 7.89. The first-order valence-corrected chi connectivity index (χ1v) is 8.19. The molecule has 19 heavy (non-hydrogen) atoms. The zero-order chi connectivity index (χ0) is 14.6. The van der Waals surface area contributed by atoms with Crippen LogP contribution in [0.15, 0.2) is 18.2 Å². The quantitative estimate of drug-likeness (QED) is 0.822. The molecule has 0 unspecified atom stereocenters. The van der Waals surface area contributed by atoms with Gasteiger partial charge in [0.1, 0.15) is 0 Å². The lowest BCUT2D eigenvalue weighted by Gasteiger charge is -2.18. The first-order valence-electron chi connectivity index (χ1n) is 6.20. The Morgan fingerprint density at radius 2 is 2.00 bits per heavy atom. The van der Waals surface area contributed by atoms with Crippen LogP contribution in [-0.2, 0) is 16.6 Å². The van der Waals surface area contributed by atoms with E-state index in [1.54, 1.807) is 25.2 Å². The first-order chi connectivity index (χ1) is 8.72. The topological polar surface area (TPSA) is 63.4 Å². The molecule has 0 aliphatic heterocycles. The molecule has 0 aliphatic carbocycles. The number of benzene rings is 1. The third-order valence-electron chi connectivity index (χ3n) is 2.89. The molecule has 0 aromatic heterocycles. The zero-order valence-corrected chi connectivity index (χ0v) is 13.1. The SMILES string of the molecule is CC(C)CCS(=O)(=O)N(C)Cc1cc(N)ccc1Cl. The largest absolute Gasteiger partial charge is 0.399 e. The molecule has 0 atom stereocenters. The van der Waals surface area contributed by atoms with Crippen molar-refractivity contribution in [3.05, 3.63) is 28.8 Å². The Hall–Kier alpha value is -0.780. The summed E-state index contributed by atoms with van der Waals surface area (Å²) in [6.07, 6.45) is 0.650. The Bertz CT molecular complexity index is 529. The Morgan fingerprint density at radius 3 is 2.58 bits per heavy atom. The summed E-state index contributed by atoms with van der Waals surface area (Å²) in [6.45, 7) is 4.25. The van der Waals surface area contributed by atoms with Crippen LogP contribution in [0.25, 0.3) is 0 Å². The average Bonchev–Trinajstić information content (AvgIpc) is 2.31. The summed E-state index contributed by atoms with van der Waals surface area (Å²) in [5, 5.41) is 0.528. The van der Waals surface area contributed by atoms with Crippen molar-refractivity contribution in [2.24, 2.45) is 5.92 Å². The molecule has 0 fully saturated rings. The van der Waals surface area contributed by atoms with Crippen molar-refractivity contribution in [3.63, 3.8) is 0 Å². The molecule has 0 aliphatic rings. The summed E-state index contributed by atoms with van der Waals surface area (Å²) in [5.41, 5.74) is 6.98. The number of nitrogens with two attached hydrogens (primary N) is 1. The van der Waals surface area contributed by atoms with Gasteiger partial charge in [0.2, 0.25) is 10.0 Å². The van der Waals surface area contributed by atoms with E-state index in [1.807, 2.05) is 13.8 Å². The van der Waals surface area contributed by atoms with E-state index in [4.69, 9.17) is 17.3 Å². The highest BCUT2D eigenvalue weighted by Gasteiger charge is 2.19. The van der Waals surface area contributed by atoms with Crippen molar-refractivity contribution in [2.75, 3.05) is 18.5 Å². The maximum atomic E-state index is 12.1. The Kier molecular flexibility index (Phi) is 5.64. The molecule has 1 rings (SSSR count). The average molecular weight is 305 g/mol. The predicted molar refractivity (Wildman–Crippen MR) is 80.6 cm³/mol. The van der Waals surface area contributed by atoms with Crippen molar-refractivity contribution in [1.82, 2.24) is 4.31 Å². The Morgan fingerprint density at radius 1 is 1.37 bits per heavy atom. The molecular weight excluding hydrogens is 284 g/mol. The molecule has 6 heteroatoms. The van der Waals surface area contributed by atoms with E-state index in [2.05, 4.69) is 0 Å². The number of anilines is 1. The molecule has 1 aromatic rings. The van der Waals surface area contributed by atoms with E-state index < -0.39 is 10.0 Å². The fraction of sp³-hybridized carbons (Fsp3) is 0.538. The fourth-order valence-electron chi connectivity index (χ4n) is 1.59. The number of rotatable bonds is 6. The molecule has 0 bridgehead atoms. The van der Waals surface area contributed by atoms with E-state index >= 15 is 0 Å². The van der Waals surface area contributed by atoms with Gasteiger partial charge in [-0.25, -0.2) is 12.7 Å². The third-order valence-corrected chi connectivity index (χ3v) is 5.09. The summed E-state index contributed by atoms with van der Waals surface area (Å²) in [4.78, 5) is 0. The van der Waals surface area contributed by atoms with E-state index in [9.17, 15) is 8.42 Å². The highest BCUT2D eigenvalue weighted by atomic mass is 35.5. The van der Waals surface area contributed by atoms with Crippen molar-refractivity contribution in [2.45, 2.75) is 26.8 Å². The minimum absolute atomic E-state index is 0.154. The Balaban J connectivity index is 2.78. The molecule has 0 radical (unpaired) electrons. The smallest absolute Gasteiger partial charge is 0.214 e. The van der Waals surface area contributed by atoms with Crippen molar-refractivity contribution >= 4 is 27.3 Å². The summed E-state index contributed by atoms with van der Waals surface area (Å²) < 4.78 is 25.5.